The minimum absolute atomic E-state index is 0.0146. The van der Waals surface area contributed by atoms with Gasteiger partial charge in [-0.1, -0.05) is 24.3 Å². The van der Waals surface area contributed by atoms with Crippen molar-refractivity contribution >= 4 is 0 Å². The van der Waals surface area contributed by atoms with Crippen molar-refractivity contribution in [2.45, 2.75) is 27.1 Å². The topological polar surface area (TPSA) is 42.4 Å². The molecule has 3 nitrogen and oxygen atoms in total. The number of rotatable bonds is 4. The minimum atomic E-state index is -0.0146. The number of pyridine rings is 1. The van der Waals surface area contributed by atoms with Crippen molar-refractivity contribution in [1.82, 2.24) is 4.98 Å². The second-order valence-corrected chi connectivity index (χ2v) is 4.28. The third-order valence-electron chi connectivity index (χ3n) is 2.92. The van der Waals surface area contributed by atoms with Gasteiger partial charge in [-0.3, -0.25) is 4.98 Å². The highest BCUT2D eigenvalue weighted by Gasteiger charge is 2.06. The number of para-hydroxylation sites is 1. The molecule has 0 radical (unpaired) electrons. The van der Waals surface area contributed by atoms with Crippen molar-refractivity contribution in [2.75, 3.05) is 0 Å². The van der Waals surface area contributed by atoms with E-state index in [9.17, 15) is 5.11 Å². The third kappa shape index (κ3) is 2.68. The van der Waals surface area contributed by atoms with Crippen molar-refractivity contribution in [3.05, 3.63) is 58.9 Å². The molecule has 2 rings (SSSR count). The Hall–Kier alpha value is -1.87. The quantitative estimate of drug-likeness (QED) is 0.897. The lowest BCUT2D eigenvalue weighted by Gasteiger charge is -2.12. The molecule has 0 aliphatic rings. The Morgan fingerprint density at radius 1 is 1.11 bits per heavy atom. The van der Waals surface area contributed by atoms with Crippen molar-refractivity contribution in [2.24, 2.45) is 0 Å². The summed E-state index contributed by atoms with van der Waals surface area (Å²) in [4.78, 5) is 4.24. The van der Waals surface area contributed by atoms with E-state index in [1.807, 2.05) is 44.2 Å². The van der Waals surface area contributed by atoms with E-state index in [0.29, 0.717) is 6.61 Å². The summed E-state index contributed by atoms with van der Waals surface area (Å²) >= 11 is 0. The Labute approximate surface area is 107 Å². The number of aryl methyl sites for hydroxylation is 2. The molecule has 0 unspecified atom stereocenters. The van der Waals surface area contributed by atoms with Crippen LogP contribution in [-0.2, 0) is 13.2 Å². The highest BCUT2D eigenvalue weighted by atomic mass is 16.5. The Morgan fingerprint density at radius 2 is 1.83 bits per heavy atom. The average Bonchev–Trinajstić information content (AvgIpc) is 2.38. The summed E-state index contributed by atoms with van der Waals surface area (Å²) < 4.78 is 5.82. The molecule has 0 fully saturated rings. The molecule has 0 bridgehead atoms. The zero-order chi connectivity index (χ0) is 13.0. The molecule has 0 aliphatic carbocycles. The zero-order valence-corrected chi connectivity index (χ0v) is 10.7. The smallest absolute Gasteiger partial charge is 0.131 e. The number of benzene rings is 1. The molecular weight excluding hydrogens is 226 g/mol. The number of nitrogens with zero attached hydrogens (tertiary/aromatic N) is 1. The number of hydrogen-bond acceptors (Lipinski definition) is 3. The van der Waals surface area contributed by atoms with Gasteiger partial charge in [-0.2, -0.15) is 0 Å². The van der Waals surface area contributed by atoms with Crippen molar-refractivity contribution < 1.29 is 9.84 Å². The van der Waals surface area contributed by atoms with Crippen LogP contribution in [0.25, 0.3) is 0 Å². The lowest BCUT2D eigenvalue weighted by molar-refractivity contribution is 0.265. The summed E-state index contributed by atoms with van der Waals surface area (Å²) in [5.74, 6) is 0.895. The zero-order valence-electron chi connectivity index (χ0n) is 10.7. The molecular formula is C15H17NO2. The number of ether oxygens (including phenoxy) is 1. The van der Waals surface area contributed by atoms with E-state index in [0.717, 1.165) is 28.1 Å². The Bertz CT molecular complexity index is 518. The van der Waals surface area contributed by atoms with Gasteiger partial charge in [0.2, 0.25) is 0 Å². The second kappa shape index (κ2) is 5.65. The van der Waals surface area contributed by atoms with E-state index in [1.54, 1.807) is 6.20 Å². The molecule has 0 saturated carbocycles. The standard InChI is InChI=1S/C15H17NO2/c1-11-5-3-6-12(2)15(11)18-10-14-13(9-17)7-4-8-16-14/h3-8,17H,9-10H2,1-2H3. The predicted molar refractivity (Wildman–Crippen MR) is 70.4 cm³/mol. The molecule has 2 aromatic rings. The molecule has 1 heterocycles. The predicted octanol–water partition coefficient (Wildman–Crippen LogP) is 2.77. The number of aliphatic hydroxyl groups is 1. The molecule has 18 heavy (non-hydrogen) atoms. The van der Waals surface area contributed by atoms with Crippen LogP contribution < -0.4 is 4.74 Å². The van der Waals surface area contributed by atoms with Crippen LogP contribution in [-0.4, -0.2) is 10.1 Å². The van der Waals surface area contributed by atoms with Crippen LogP contribution in [0.1, 0.15) is 22.4 Å². The minimum Gasteiger partial charge on any atom is -0.487 e. The summed E-state index contributed by atoms with van der Waals surface area (Å²) in [6.07, 6.45) is 1.71. The molecule has 3 heteroatoms. The maximum atomic E-state index is 9.23. The van der Waals surface area contributed by atoms with Gasteiger partial charge in [-0.25, -0.2) is 0 Å². The van der Waals surface area contributed by atoms with Gasteiger partial charge in [0, 0.05) is 11.8 Å². The average molecular weight is 243 g/mol. The van der Waals surface area contributed by atoms with Gasteiger partial charge >= 0.3 is 0 Å². The van der Waals surface area contributed by atoms with Gasteiger partial charge in [0.1, 0.15) is 12.4 Å². The fourth-order valence-electron chi connectivity index (χ4n) is 1.91. The molecule has 94 valence electrons. The van der Waals surface area contributed by atoms with E-state index < -0.39 is 0 Å². The largest absolute Gasteiger partial charge is 0.487 e. The van der Waals surface area contributed by atoms with E-state index in [4.69, 9.17) is 4.74 Å². The van der Waals surface area contributed by atoms with Gasteiger partial charge in [-0.15, -0.1) is 0 Å². The van der Waals surface area contributed by atoms with Crippen molar-refractivity contribution in [1.29, 1.82) is 0 Å². The van der Waals surface area contributed by atoms with Crippen LogP contribution in [0, 0.1) is 13.8 Å². The maximum absolute atomic E-state index is 9.23. The molecule has 0 saturated heterocycles. The van der Waals surface area contributed by atoms with E-state index in [1.165, 1.54) is 0 Å². The van der Waals surface area contributed by atoms with Crippen LogP contribution in [0.15, 0.2) is 36.5 Å². The lowest BCUT2D eigenvalue weighted by Crippen LogP contribution is -2.04. The van der Waals surface area contributed by atoms with E-state index in [-0.39, 0.29) is 6.61 Å². The SMILES string of the molecule is Cc1cccc(C)c1OCc1ncccc1CO. The first kappa shape index (κ1) is 12.6. The second-order valence-electron chi connectivity index (χ2n) is 4.28. The first-order valence-corrected chi connectivity index (χ1v) is 5.95. The van der Waals surface area contributed by atoms with Crippen LogP contribution >= 0.6 is 0 Å². The van der Waals surface area contributed by atoms with Crippen molar-refractivity contribution in [3.8, 4) is 5.75 Å². The van der Waals surface area contributed by atoms with Crippen molar-refractivity contribution in [3.63, 3.8) is 0 Å². The Balaban J connectivity index is 2.16. The fraction of sp³-hybridized carbons (Fsp3) is 0.267. The molecule has 0 atom stereocenters. The molecule has 0 amide bonds. The molecule has 0 spiro atoms. The van der Waals surface area contributed by atoms with Gasteiger partial charge in [0.05, 0.1) is 12.3 Å². The third-order valence-corrected chi connectivity index (χ3v) is 2.92. The number of aliphatic hydroxyl groups excluding tert-OH is 1. The summed E-state index contributed by atoms with van der Waals surface area (Å²) in [6, 6.07) is 9.73. The van der Waals surface area contributed by atoms with Crippen LogP contribution in [0.2, 0.25) is 0 Å². The summed E-state index contributed by atoms with van der Waals surface area (Å²) in [6.45, 7) is 4.41. The van der Waals surface area contributed by atoms with Gasteiger partial charge < -0.3 is 9.84 Å². The summed E-state index contributed by atoms with van der Waals surface area (Å²) in [7, 11) is 0. The number of aromatic nitrogens is 1. The van der Waals surface area contributed by atoms with Crippen LogP contribution in [0.5, 0.6) is 5.75 Å². The van der Waals surface area contributed by atoms with E-state index in [2.05, 4.69) is 4.98 Å². The Kier molecular flexibility index (Phi) is 3.95. The Morgan fingerprint density at radius 3 is 2.50 bits per heavy atom. The monoisotopic (exact) mass is 243 g/mol. The molecule has 1 aromatic carbocycles. The van der Waals surface area contributed by atoms with Crippen LogP contribution in [0.4, 0.5) is 0 Å². The highest BCUT2D eigenvalue weighted by molar-refractivity contribution is 5.39. The van der Waals surface area contributed by atoms with Gasteiger partial charge in [-0.05, 0) is 31.0 Å². The molecule has 0 aliphatic heterocycles. The number of hydrogen-bond donors (Lipinski definition) is 1. The molecule has 1 N–H and O–H groups in total. The fourth-order valence-corrected chi connectivity index (χ4v) is 1.91. The lowest BCUT2D eigenvalue weighted by atomic mass is 10.1. The normalized spacial score (nSPS) is 10.4. The van der Waals surface area contributed by atoms with E-state index >= 15 is 0 Å². The van der Waals surface area contributed by atoms with Gasteiger partial charge in [0.15, 0.2) is 0 Å². The maximum Gasteiger partial charge on any atom is 0.131 e. The van der Waals surface area contributed by atoms with Gasteiger partial charge in [0.25, 0.3) is 0 Å². The van der Waals surface area contributed by atoms with Crippen LogP contribution in [0.3, 0.4) is 0 Å². The first-order chi connectivity index (χ1) is 8.72. The first-order valence-electron chi connectivity index (χ1n) is 5.95. The highest BCUT2D eigenvalue weighted by Crippen LogP contribution is 2.23. The summed E-state index contributed by atoms with van der Waals surface area (Å²) in [5.41, 5.74) is 3.80. The summed E-state index contributed by atoms with van der Waals surface area (Å²) in [5, 5.41) is 9.23. The molecule has 1 aromatic heterocycles.